The molecule has 0 heterocycles. The zero-order chi connectivity index (χ0) is 8.43. The molecule has 0 saturated carbocycles. The smallest absolute Gasteiger partial charge is 0.159 e. The van der Waals surface area contributed by atoms with E-state index in [1.54, 1.807) is 0 Å². The van der Waals surface area contributed by atoms with Gasteiger partial charge in [-0.1, -0.05) is 0 Å². The van der Waals surface area contributed by atoms with Gasteiger partial charge in [0.1, 0.15) is 0 Å². The molecule has 0 aromatic heterocycles. The molecule has 4 N–H and O–H groups in total. The monoisotopic (exact) mass is 157 g/mol. The molecule has 0 aliphatic heterocycles. The summed E-state index contributed by atoms with van der Waals surface area (Å²) in [7, 11) is 0. The highest BCUT2D eigenvalue weighted by molar-refractivity contribution is 5.52. The Morgan fingerprint density at radius 3 is 2.09 bits per heavy atom. The normalized spacial score (nSPS) is 9.64. The molecule has 0 amide bonds. The van der Waals surface area contributed by atoms with Crippen molar-refractivity contribution in [2.24, 2.45) is 0 Å². The summed E-state index contributed by atoms with van der Waals surface area (Å²) in [6, 6.07) is 3.38. The third-order valence-corrected chi connectivity index (χ3v) is 1.19. The topological polar surface area (TPSA) is 84.2 Å². The molecule has 0 bridgehead atoms. The fourth-order valence-electron chi connectivity index (χ4n) is 0.636. The van der Waals surface area contributed by atoms with Crippen molar-refractivity contribution in [3.05, 3.63) is 18.2 Å². The van der Waals surface area contributed by atoms with Crippen molar-refractivity contribution < 1.29 is 20.6 Å². The van der Waals surface area contributed by atoms with Gasteiger partial charge < -0.3 is 10.2 Å². The second-order valence-corrected chi connectivity index (χ2v) is 1.96. The maximum atomic E-state index is 8.85. The van der Waals surface area contributed by atoms with Gasteiger partial charge in [-0.05, 0) is 12.1 Å². The van der Waals surface area contributed by atoms with Crippen molar-refractivity contribution in [1.29, 1.82) is 0 Å². The van der Waals surface area contributed by atoms with Gasteiger partial charge in [0.15, 0.2) is 11.5 Å². The second kappa shape index (κ2) is 2.65. The predicted octanol–water partition coefficient (Wildman–Crippen LogP) is 0.683. The summed E-state index contributed by atoms with van der Waals surface area (Å²) < 4.78 is 0. The van der Waals surface area contributed by atoms with E-state index in [1.807, 2.05) is 0 Å². The number of aromatic hydroxyl groups is 2. The van der Waals surface area contributed by atoms with Crippen LogP contribution in [-0.4, -0.2) is 20.6 Å². The van der Waals surface area contributed by atoms with Gasteiger partial charge in [-0.15, -0.1) is 5.23 Å². The number of benzene rings is 1. The lowest BCUT2D eigenvalue weighted by atomic mass is 10.3. The van der Waals surface area contributed by atoms with Crippen molar-refractivity contribution in [3.8, 4) is 11.5 Å². The van der Waals surface area contributed by atoms with Gasteiger partial charge in [0.25, 0.3) is 0 Å². The first-order valence-corrected chi connectivity index (χ1v) is 2.81. The number of rotatable bonds is 1. The second-order valence-electron chi connectivity index (χ2n) is 1.96. The molecular formula is C6H7NO4. The minimum absolute atomic E-state index is 0.0275. The number of hydrogen-bond donors (Lipinski definition) is 4. The molecule has 5 heteroatoms. The largest absolute Gasteiger partial charge is 0.504 e. The minimum Gasteiger partial charge on any atom is -0.504 e. The van der Waals surface area contributed by atoms with Crippen molar-refractivity contribution >= 4 is 5.69 Å². The molecule has 0 radical (unpaired) electrons. The van der Waals surface area contributed by atoms with Gasteiger partial charge in [-0.2, -0.15) is 0 Å². The lowest BCUT2D eigenvalue weighted by Crippen LogP contribution is -2.10. The molecule has 0 unspecified atom stereocenters. The summed E-state index contributed by atoms with van der Waals surface area (Å²) in [5.74, 6) is -0.716. The molecule has 1 aromatic carbocycles. The van der Waals surface area contributed by atoms with E-state index in [4.69, 9.17) is 20.6 Å². The van der Waals surface area contributed by atoms with E-state index in [0.717, 1.165) is 12.1 Å². The first-order chi connectivity index (χ1) is 5.11. The summed E-state index contributed by atoms with van der Waals surface area (Å²) in [4.78, 5) is 0. The number of phenols is 2. The lowest BCUT2D eigenvalue weighted by Gasteiger charge is -2.07. The summed E-state index contributed by atoms with van der Waals surface area (Å²) in [5.41, 5.74) is -0.0275. The maximum Gasteiger partial charge on any atom is 0.159 e. The Bertz CT molecular complexity index is 261. The number of anilines is 1. The van der Waals surface area contributed by atoms with Crippen LogP contribution in [0.2, 0.25) is 0 Å². The average molecular weight is 157 g/mol. The molecule has 0 aliphatic carbocycles. The summed E-state index contributed by atoms with van der Waals surface area (Å²) >= 11 is 0. The third kappa shape index (κ3) is 1.51. The van der Waals surface area contributed by atoms with Crippen LogP contribution in [0, 0.1) is 0 Å². The highest BCUT2D eigenvalue weighted by Gasteiger charge is 2.03. The SMILES string of the molecule is Oc1ccc(N(O)O)cc1O. The lowest BCUT2D eigenvalue weighted by molar-refractivity contribution is 0.0290. The third-order valence-electron chi connectivity index (χ3n) is 1.19. The van der Waals surface area contributed by atoms with E-state index in [0.29, 0.717) is 0 Å². The molecule has 1 rings (SSSR count). The van der Waals surface area contributed by atoms with Crippen molar-refractivity contribution in [1.82, 2.24) is 0 Å². The Labute approximate surface area is 62.3 Å². The van der Waals surface area contributed by atoms with Crippen LogP contribution in [0.25, 0.3) is 0 Å². The van der Waals surface area contributed by atoms with E-state index in [1.165, 1.54) is 6.07 Å². The molecule has 0 saturated heterocycles. The van der Waals surface area contributed by atoms with E-state index >= 15 is 0 Å². The zero-order valence-corrected chi connectivity index (χ0v) is 5.47. The van der Waals surface area contributed by atoms with Crippen LogP contribution in [0.5, 0.6) is 11.5 Å². The molecule has 0 spiro atoms. The number of phenolic OH excluding ortho intramolecular Hbond substituents is 2. The van der Waals surface area contributed by atoms with Gasteiger partial charge in [0.2, 0.25) is 0 Å². The van der Waals surface area contributed by atoms with Gasteiger partial charge in [-0.25, -0.2) is 0 Å². The van der Waals surface area contributed by atoms with Gasteiger partial charge in [0, 0.05) is 6.07 Å². The van der Waals surface area contributed by atoms with Crippen LogP contribution < -0.4 is 5.23 Å². The average Bonchev–Trinajstić information content (AvgIpc) is 1.94. The molecule has 11 heavy (non-hydrogen) atoms. The Morgan fingerprint density at radius 1 is 1.00 bits per heavy atom. The predicted molar refractivity (Wildman–Crippen MR) is 35.8 cm³/mol. The van der Waals surface area contributed by atoms with E-state index in [2.05, 4.69) is 0 Å². The van der Waals surface area contributed by atoms with Crippen LogP contribution in [0.1, 0.15) is 0 Å². The molecule has 0 fully saturated rings. The summed E-state index contributed by atoms with van der Waals surface area (Å²) in [6.07, 6.45) is 0. The Balaban J connectivity index is 3.05. The minimum atomic E-state index is -0.407. The highest BCUT2D eigenvalue weighted by atomic mass is 16.8. The number of hydrogen-bond acceptors (Lipinski definition) is 5. The van der Waals surface area contributed by atoms with Gasteiger partial charge >= 0.3 is 0 Å². The Hall–Kier alpha value is -1.46. The quantitative estimate of drug-likeness (QED) is 0.356. The van der Waals surface area contributed by atoms with Crippen LogP contribution >= 0.6 is 0 Å². The first kappa shape index (κ1) is 7.64. The maximum absolute atomic E-state index is 8.85. The van der Waals surface area contributed by atoms with Gasteiger partial charge in [-0.3, -0.25) is 10.4 Å². The van der Waals surface area contributed by atoms with Crippen molar-refractivity contribution in [3.63, 3.8) is 0 Å². The standard InChI is InChI=1S/C6H7NO4/c8-5-2-1-4(7(10)11)3-6(5)9/h1-3,8-11H. The van der Waals surface area contributed by atoms with Crippen molar-refractivity contribution in [2.45, 2.75) is 0 Å². The molecule has 5 nitrogen and oxygen atoms in total. The molecule has 0 aliphatic rings. The molecule has 60 valence electrons. The molecule has 1 aromatic rings. The van der Waals surface area contributed by atoms with E-state index in [9.17, 15) is 0 Å². The fourth-order valence-corrected chi connectivity index (χ4v) is 0.636. The zero-order valence-electron chi connectivity index (χ0n) is 5.47. The first-order valence-electron chi connectivity index (χ1n) is 2.81. The van der Waals surface area contributed by atoms with Gasteiger partial charge in [0.05, 0.1) is 5.69 Å². The Morgan fingerprint density at radius 2 is 1.64 bits per heavy atom. The van der Waals surface area contributed by atoms with E-state index in [-0.39, 0.29) is 16.7 Å². The fraction of sp³-hybridized carbons (Fsp3) is 0. The molecular weight excluding hydrogens is 150 g/mol. The summed E-state index contributed by atoms with van der Waals surface area (Å²) in [6.45, 7) is 0. The van der Waals surface area contributed by atoms with Crippen molar-refractivity contribution in [2.75, 3.05) is 5.23 Å². The highest BCUT2D eigenvalue weighted by Crippen LogP contribution is 2.28. The van der Waals surface area contributed by atoms with Crippen LogP contribution in [0.4, 0.5) is 5.69 Å². The Kier molecular flexibility index (Phi) is 1.84. The number of nitrogens with zero attached hydrogens (tertiary/aromatic N) is 1. The molecule has 0 atom stereocenters. The van der Waals surface area contributed by atoms with E-state index < -0.39 is 5.75 Å². The van der Waals surface area contributed by atoms with Crippen LogP contribution in [0.15, 0.2) is 18.2 Å². The summed E-state index contributed by atoms with van der Waals surface area (Å²) in [5, 5.41) is 34.4. The van der Waals surface area contributed by atoms with Crippen LogP contribution in [-0.2, 0) is 0 Å². The van der Waals surface area contributed by atoms with Crippen LogP contribution in [0.3, 0.4) is 0 Å².